The minimum Gasteiger partial charge on any atom is -0.370 e. The highest BCUT2D eigenvalue weighted by atomic mass is 127. The topological polar surface area (TPSA) is 64.4 Å². The van der Waals surface area contributed by atoms with Crippen LogP contribution in [-0.2, 0) is 5.41 Å². The van der Waals surface area contributed by atoms with Gasteiger partial charge >= 0.3 is 0 Å². The molecule has 1 fully saturated rings. The largest absolute Gasteiger partial charge is 0.370 e. The fourth-order valence-corrected chi connectivity index (χ4v) is 2.89. The first-order valence-corrected chi connectivity index (χ1v) is 6.30. The van der Waals surface area contributed by atoms with E-state index in [-0.39, 0.29) is 35.4 Å². The van der Waals surface area contributed by atoms with Crippen molar-refractivity contribution in [2.45, 2.75) is 24.7 Å². The lowest BCUT2D eigenvalue weighted by molar-refractivity contribution is 0.254. The highest BCUT2D eigenvalue weighted by Crippen LogP contribution is 2.46. The maximum Gasteiger partial charge on any atom is 0.185 e. The van der Waals surface area contributed by atoms with Crippen molar-refractivity contribution in [3.05, 3.63) is 33.8 Å². The van der Waals surface area contributed by atoms with Crippen LogP contribution in [-0.4, -0.2) is 12.5 Å². The van der Waals surface area contributed by atoms with Gasteiger partial charge in [-0.25, -0.2) is 0 Å². The third kappa shape index (κ3) is 3.22. The van der Waals surface area contributed by atoms with Gasteiger partial charge in [0, 0.05) is 15.5 Å². The lowest BCUT2D eigenvalue weighted by Gasteiger charge is -2.41. The van der Waals surface area contributed by atoms with Gasteiger partial charge in [0.2, 0.25) is 0 Å². The fourth-order valence-electron chi connectivity index (χ4n) is 2.28. The van der Waals surface area contributed by atoms with Crippen LogP contribution in [0.5, 0.6) is 0 Å². The van der Waals surface area contributed by atoms with Crippen LogP contribution in [0.3, 0.4) is 0 Å². The Morgan fingerprint density at radius 3 is 2.39 bits per heavy atom. The number of rotatable bonds is 3. The Labute approximate surface area is 134 Å². The van der Waals surface area contributed by atoms with E-state index in [0.717, 1.165) is 18.4 Å². The quantitative estimate of drug-likeness (QED) is 0.465. The van der Waals surface area contributed by atoms with Gasteiger partial charge in [0.25, 0.3) is 0 Å². The van der Waals surface area contributed by atoms with Crippen molar-refractivity contribution in [1.82, 2.24) is 0 Å². The molecule has 0 bridgehead atoms. The first-order valence-electron chi connectivity index (χ1n) is 5.54. The van der Waals surface area contributed by atoms with Crippen LogP contribution in [0.15, 0.2) is 23.2 Å². The van der Waals surface area contributed by atoms with E-state index < -0.39 is 0 Å². The van der Waals surface area contributed by atoms with Crippen LogP contribution in [0.2, 0.25) is 10.0 Å². The predicted octanol–water partition coefficient (Wildman–Crippen LogP) is 3.31. The Bertz CT molecular complexity index is 455. The zero-order chi connectivity index (χ0) is 12.5. The summed E-state index contributed by atoms with van der Waals surface area (Å²) >= 11 is 12.2. The van der Waals surface area contributed by atoms with Crippen LogP contribution in [0.4, 0.5) is 0 Å². The van der Waals surface area contributed by atoms with Gasteiger partial charge in [-0.2, -0.15) is 0 Å². The van der Waals surface area contributed by atoms with Gasteiger partial charge in [-0.05, 0) is 30.5 Å². The van der Waals surface area contributed by atoms with Crippen molar-refractivity contribution in [2.75, 3.05) is 6.54 Å². The molecule has 0 saturated heterocycles. The van der Waals surface area contributed by atoms with Crippen molar-refractivity contribution in [3.63, 3.8) is 0 Å². The second-order valence-electron chi connectivity index (χ2n) is 4.50. The van der Waals surface area contributed by atoms with Gasteiger partial charge in [-0.15, -0.1) is 24.0 Å². The molecule has 100 valence electrons. The molecule has 0 aromatic heterocycles. The summed E-state index contributed by atoms with van der Waals surface area (Å²) in [5.74, 6) is 0.126. The number of aliphatic imine (C=N–C) groups is 1. The number of nitrogens with two attached hydrogens (primary N) is 2. The third-order valence-corrected chi connectivity index (χ3v) is 3.93. The summed E-state index contributed by atoms with van der Waals surface area (Å²) in [5, 5.41) is 1.35. The van der Waals surface area contributed by atoms with E-state index in [1.807, 2.05) is 12.1 Å². The van der Waals surface area contributed by atoms with Crippen molar-refractivity contribution >= 4 is 53.1 Å². The Morgan fingerprint density at radius 1 is 1.28 bits per heavy atom. The molecule has 1 aromatic rings. The fraction of sp³-hybridized carbons (Fsp3) is 0.417. The Hall–Kier alpha value is -0.200. The molecule has 0 radical (unpaired) electrons. The van der Waals surface area contributed by atoms with Crippen molar-refractivity contribution in [2.24, 2.45) is 16.5 Å². The average Bonchev–Trinajstić information content (AvgIpc) is 2.18. The zero-order valence-electron chi connectivity index (χ0n) is 9.83. The van der Waals surface area contributed by atoms with Crippen LogP contribution in [0, 0.1) is 0 Å². The van der Waals surface area contributed by atoms with Crippen molar-refractivity contribution < 1.29 is 0 Å². The van der Waals surface area contributed by atoms with Crippen LogP contribution in [0.25, 0.3) is 0 Å². The normalized spacial score (nSPS) is 16.3. The minimum atomic E-state index is -0.00827. The molecule has 2 rings (SSSR count). The second-order valence-corrected chi connectivity index (χ2v) is 5.34. The molecular formula is C12H16Cl2IN3. The number of hydrogen-bond donors (Lipinski definition) is 2. The SMILES string of the molecule is I.NC(N)=NCC1(c2ccc(Cl)cc2Cl)CCC1. The Kier molecular flexibility index (Phi) is 5.55. The highest BCUT2D eigenvalue weighted by molar-refractivity contribution is 14.0. The summed E-state index contributed by atoms with van der Waals surface area (Å²) in [6.07, 6.45) is 3.30. The van der Waals surface area contributed by atoms with Gasteiger partial charge in [0.15, 0.2) is 5.96 Å². The number of halogens is 3. The minimum absolute atomic E-state index is 0. The smallest absolute Gasteiger partial charge is 0.185 e. The summed E-state index contributed by atoms with van der Waals surface area (Å²) in [6, 6.07) is 5.61. The maximum atomic E-state index is 6.25. The molecule has 3 nitrogen and oxygen atoms in total. The standard InChI is InChI=1S/C12H15Cl2N3.HI/c13-8-2-3-9(10(14)6-8)12(4-1-5-12)7-17-11(15)16;/h2-3,6H,1,4-5,7H2,(H4,15,16,17);1H. The van der Waals surface area contributed by atoms with Gasteiger partial charge in [0.1, 0.15) is 0 Å². The summed E-state index contributed by atoms with van der Waals surface area (Å²) < 4.78 is 0. The molecule has 1 saturated carbocycles. The highest BCUT2D eigenvalue weighted by Gasteiger charge is 2.39. The number of nitrogens with zero attached hydrogens (tertiary/aromatic N) is 1. The molecule has 0 aliphatic heterocycles. The van der Waals surface area contributed by atoms with Crippen LogP contribution in [0.1, 0.15) is 24.8 Å². The molecule has 0 unspecified atom stereocenters. The molecule has 18 heavy (non-hydrogen) atoms. The molecule has 0 atom stereocenters. The number of hydrogen-bond acceptors (Lipinski definition) is 1. The van der Waals surface area contributed by atoms with E-state index in [2.05, 4.69) is 4.99 Å². The van der Waals surface area contributed by atoms with E-state index in [1.54, 1.807) is 6.07 Å². The average molecular weight is 400 g/mol. The van der Waals surface area contributed by atoms with Crippen molar-refractivity contribution in [3.8, 4) is 0 Å². The molecule has 1 aliphatic rings. The summed E-state index contributed by atoms with van der Waals surface area (Å²) in [7, 11) is 0. The summed E-state index contributed by atoms with van der Waals surface area (Å²) in [5.41, 5.74) is 11.9. The molecule has 1 aromatic carbocycles. The lowest BCUT2D eigenvalue weighted by Crippen LogP contribution is -2.39. The number of benzene rings is 1. The molecule has 1 aliphatic carbocycles. The lowest BCUT2D eigenvalue weighted by atomic mass is 9.64. The molecule has 6 heteroatoms. The van der Waals surface area contributed by atoms with E-state index in [4.69, 9.17) is 34.7 Å². The summed E-state index contributed by atoms with van der Waals surface area (Å²) in [6.45, 7) is 0.594. The van der Waals surface area contributed by atoms with E-state index in [1.165, 1.54) is 6.42 Å². The zero-order valence-corrected chi connectivity index (χ0v) is 13.7. The molecule has 0 amide bonds. The second kappa shape index (κ2) is 6.30. The van der Waals surface area contributed by atoms with Crippen molar-refractivity contribution in [1.29, 1.82) is 0 Å². The molecule has 0 heterocycles. The molecule has 0 spiro atoms. The van der Waals surface area contributed by atoms with E-state index in [9.17, 15) is 0 Å². The number of guanidine groups is 1. The van der Waals surface area contributed by atoms with Gasteiger partial charge in [-0.3, -0.25) is 4.99 Å². The van der Waals surface area contributed by atoms with Crippen LogP contribution >= 0.6 is 47.2 Å². The Balaban J connectivity index is 0.00000162. The monoisotopic (exact) mass is 399 g/mol. The van der Waals surface area contributed by atoms with Crippen LogP contribution < -0.4 is 11.5 Å². The summed E-state index contributed by atoms with van der Waals surface area (Å²) in [4.78, 5) is 4.14. The van der Waals surface area contributed by atoms with Gasteiger partial charge in [0.05, 0.1) is 6.54 Å². The first-order chi connectivity index (χ1) is 8.03. The van der Waals surface area contributed by atoms with Gasteiger partial charge < -0.3 is 11.5 Å². The first kappa shape index (κ1) is 15.9. The third-order valence-electron chi connectivity index (χ3n) is 3.38. The van der Waals surface area contributed by atoms with E-state index in [0.29, 0.717) is 16.6 Å². The molecule has 4 N–H and O–H groups in total. The Morgan fingerprint density at radius 2 is 1.94 bits per heavy atom. The predicted molar refractivity (Wildman–Crippen MR) is 88.1 cm³/mol. The maximum absolute atomic E-state index is 6.25. The van der Waals surface area contributed by atoms with E-state index >= 15 is 0 Å². The molecular weight excluding hydrogens is 384 g/mol. The van der Waals surface area contributed by atoms with Gasteiger partial charge in [-0.1, -0.05) is 35.7 Å².